The summed E-state index contributed by atoms with van der Waals surface area (Å²) in [4.78, 5) is 26.8. The van der Waals surface area contributed by atoms with Crippen LogP contribution in [-0.4, -0.2) is 35.9 Å². The van der Waals surface area contributed by atoms with Gasteiger partial charge in [0.1, 0.15) is 17.6 Å². The lowest BCUT2D eigenvalue weighted by Gasteiger charge is -2.29. The summed E-state index contributed by atoms with van der Waals surface area (Å²) in [6.45, 7) is 6.10. The Morgan fingerprint density at radius 2 is 1.69 bits per heavy atom. The van der Waals surface area contributed by atoms with Crippen LogP contribution in [0.3, 0.4) is 0 Å². The summed E-state index contributed by atoms with van der Waals surface area (Å²) in [5, 5.41) is 3.41. The first-order chi connectivity index (χ1) is 13.8. The molecule has 0 bridgehead atoms. The summed E-state index contributed by atoms with van der Waals surface area (Å²) < 4.78 is 18.8. The van der Waals surface area contributed by atoms with Crippen LogP contribution >= 0.6 is 11.6 Å². The molecule has 0 saturated carbocycles. The SMILES string of the molecule is CC(C)CNC(=O)[C@H](C)N(Cc1ccc(F)cc1)C(=O)COc1ccc(Cl)cc1. The molecular formula is C22H26ClFN2O3. The molecule has 0 radical (unpaired) electrons. The Labute approximate surface area is 175 Å². The van der Waals surface area contributed by atoms with Gasteiger partial charge in [-0.25, -0.2) is 4.39 Å². The van der Waals surface area contributed by atoms with Crippen LogP contribution in [-0.2, 0) is 16.1 Å². The number of hydrogen-bond donors (Lipinski definition) is 1. The van der Waals surface area contributed by atoms with E-state index in [-0.39, 0.29) is 30.8 Å². The number of amides is 2. The molecule has 2 aromatic rings. The van der Waals surface area contributed by atoms with Gasteiger partial charge < -0.3 is 15.0 Å². The van der Waals surface area contributed by atoms with E-state index in [4.69, 9.17) is 16.3 Å². The summed E-state index contributed by atoms with van der Waals surface area (Å²) in [5.74, 6) is -0.167. The predicted molar refractivity (Wildman–Crippen MR) is 111 cm³/mol. The number of benzene rings is 2. The van der Waals surface area contributed by atoms with Gasteiger partial charge in [-0.3, -0.25) is 9.59 Å². The van der Waals surface area contributed by atoms with Crippen molar-refractivity contribution in [2.45, 2.75) is 33.4 Å². The van der Waals surface area contributed by atoms with Crippen molar-refractivity contribution >= 4 is 23.4 Å². The van der Waals surface area contributed by atoms with E-state index in [9.17, 15) is 14.0 Å². The number of rotatable bonds is 9. The summed E-state index contributed by atoms with van der Waals surface area (Å²) in [6, 6.07) is 11.8. The fourth-order valence-corrected chi connectivity index (χ4v) is 2.71. The van der Waals surface area contributed by atoms with Gasteiger partial charge in [0.15, 0.2) is 6.61 Å². The van der Waals surface area contributed by atoms with Crippen LogP contribution in [0, 0.1) is 11.7 Å². The fourth-order valence-electron chi connectivity index (χ4n) is 2.58. The second-order valence-electron chi connectivity index (χ2n) is 7.21. The highest BCUT2D eigenvalue weighted by atomic mass is 35.5. The first kappa shape index (κ1) is 22.7. The second kappa shape index (κ2) is 10.8. The minimum atomic E-state index is -0.708. The Hall–Kier alpha value is -2.60. The number of carbonyl (C=O) groups is 2. The molecule has 1 atom stereocenters. The van der Waals surface area contributed by atoms with Crippen molar-refractivity contribution < 1.29 is 18.7 Å². The van der Waals surface area contributed by atoms with E-state index in [0.29, 0.717) is 23.2 Å². The highest BCUT2D eigenvalue weighted by molar-refractivity contribution is 6.30. The van der Waals surface area contributed by atoms with E-state index < -0.39 is 6.04 Å². The zero-order valence-electron chi connectivity index (χ0n) is 16.8. The minimum Gasteiger partial charge on any atom is -0.484 e. The van der Waals surface area contributed by atoms with Crippen molar-refractivity contribution in [2.75, 3.05) is 13.2 Å². The Bertz CT molecular complexity index is 810. The smallest absolute Gasteiger partial charge is 0.261 e. The van der Waals surface area contributed by atoms with E-state index in [0.717, 1.165) is 5.56 Å². The normalized spacial score (nSPS) is 11.8. The minimum absolute atomic E-state index is 0.166. The lowest BCUT2D eigenvalue weighted by Crippen LogP contribution is -2.49. The van der Waals surface area contributed by atoms with Crippen LogP contribution < -0.4 is 10.1 Å². The molecule has 2 aromatic carbocycles. The van der Waals surface area contributed by atoms with Gasteiger partial charge in [-0.2, -0.15) is 0 Å². The van der Waals surface area contributed by atoms with Crippen LogP contribution in [0.4, 0.5) is 4.39 Å². The Balaban J connectivity index is 2.10. The molecule has 0 unspecified atom stereocenters. The summed E-state index contributed by atoms with van der Waals surface area (Å²) in [5.41, 5.74) is 0.717. The topological polar surface area (TPSA) is 58.6 Å². The van der Waals surface area contributed by atoms with Gasteiger partial charge in [0.2, 0.25) is 5.91 Å². The zero-order chi connectivity index (χ0) is 21.4. The van der Waals surface area contributed by atoms with Crippen molar-refractivity contribution in [2.24, 2.45) is 5.92 Å². The van der Waals surface area contributed by atoms with Crippen molar-refractivity contribution in [1.29, 1.82) is 0 Å². The first-order valence-electron chi connectivity index (χ1n) is 9.46. The number of halogens is 2. The monoisotopic (exact) mass is 420 g/mol. The molecule has 2 rings (SSSR count). The maximum absolute atomic E-state index is 13.2. The molecule has 0 aliphatic carbocycles. The molecule has 156 valence electrons. The highest BCUT2D eigenvalue weighted by Gasteiger charge is 2.26. The third-order valence-corrected chi connectivity index (χ3v) is 4.55. The van der Waals surface area contributed by atoms with Crippen LogP contribution in [0.1, 0.15) is 26.3 Å². The molecule has 7 heteroatoms. The Morgan fingerprint density at radius 1 is 1.07 bits per heavy atom. The van der Waals surface area contributed by atoms with Crippen molar-refractivity contribution in [1.82, 2.24) is 10.2 Å². The number of ether oxygens (including phenoxy) is 1. The van der Waals surface area contributed by atoms with Gasteiger partial charge in [0, 0.05) is 18.1 Å². The molecule has 0 aromatic heterocycles. The molecule has 1 N–H and O–H groups in total. The lowest BCUT2D eigenvalue weighted by molar-refractivity contribution is -0.142. The molecule has 0 spiro atoms. The van der Waals surface area contributed by atoms with Gasteiger partial charge in [0.25, 0.3) is 5.91 Å². The molecule has 0 saturated heterocycles. The first-order valence-corrected chi connectivity index (χ1v) is 9.84. The molecule has 0 heterocycles. The van der Waals surface area contributed by atoms with Crippen LogP contribution in [0.15, 0.2) is 48.5 Å². The van der Waals surface area contributed by atoms with Gasteiger partial charge in [0.05, 0.1) is 0 Å². The zero-order valence-corrected chi connectivity index (χ0v) is 17.6. The molecule has 0 aliphatic heterocycles. The largest absolute Gasteiger partial charge is 0.484 e. The van der Waals surface area contributed by atoms with Crippen LogP contribution in [0.5, 0.6) is 5.75 Å². The molecule has 5 nitrogen and oxygen atoms in total. The second-order valence-corrected chi connectivity index (χ2v) is 7.64. The van der Waals surface area contributed by atoms with Gasteiger partial charge in [-0.05, 0) is 54.8 Å². The van der Waals surface area contributed by atoms with Gasteiger partial charge in [-0.1, -0.05) is 37.6 Å². The van der Waals surface area contributed by atoms with E-state index in [1.54, 1.807) is 43.3 Å². The molecule has 0 fully saturated rings. The van der Waals surface area contributed by atoms with E-state index in [1.165, 1.54) is 17.0 Å². The number of hydrogen-bond acceptors (Lipinski definition) is 3. The van der Waals surface area contributed by atoms with Crippen molar-refractivity contribution in [3.8, 4) is 5.75 Å². The average Bonchev–Trinajstić information content (AvgIpc) is 2.70. The third-order valence-electron chi connectivity index (χ3n) is 4.29. The fraction of sp³-hybridized carbons (Fsp3) is 0.364. The molecule has 0 aliphatic rings. The van der Waals surface area contributed by atoms with Crippen molar-refractivity contribution in [3.05, 3.63) is 64.9 Å². The number of nitrogens with one attached hydrogen (secondary N) is 1. The predicted octanol–water partition coefficient (Wildman–Crippen LogP) is 4.05. The lowest BCUT2D eigenvalue weighted by atomic mass is 10.1. The van der Waals surface area contributed by atoms with Gasteiger partial charge in [-0.15, -0.1) is 0 Å². The van der Waals surface area contributed by atoms with Crippen molar-refractivity contribution in [3.63, 3.8) is 0 Å². The molecule has 29 heavy (non-hydrogen) atoms. The summed E-state index contributed by atoms with van der Waals surface area (Å²) >= 11 is 5.85. The quantitative estimate of drug-likeness (QED) is 0.665. The maximum Gasteiger partial charge on any atom is 0.261 e. The number of nitrogens with zero attached hydrogens (tertiary/aromatic N) is 1. The van der Waals surface area contributed by atoms with E-state index in [2.05, 4.69) is 5.32 Å². The molecule has 2 amide bonds. The third kappa shape index (κ3) is 7.38. The number of carbonyl (C=O) groups excluding carboxylic acids is 2. The maximum atomic E-state index is 13.2. The Morgan fingerprint density at radius 3 is 2.28 bits per heavy atom. The Kier molecular flexibility index (Phi) is 8.46. The summed E-state index contributed by atoms with van der Waals surface area (Å²) in [6.07, 6.45) is 0. The standard InChI is InChI=1S/C22H26ClFN2O3/c1-15(2)12-25-22(28)16(3)26(13-17-4-8-19(24)9-5-17)21(27)14-29-20-10-6-18(23)7-11-20/h4-11,15-16H,12-14H2,1-3H3,(H,25,28)/t16-/m0/s1. The van der Waals surface area contributed by atoms with E-state index >= 15 is 0 Å². The summed E-state index contributed by atoms with van der Waals surface area (Å²) in [7, 11) is 0. The van der Waals surface area contributed by atoms with Gasteiger partial charge >= 0.3 is 0 Å². The average molecular weight is 421 g/mol. The molecular weight excluding hydrogens is 395 g/mol. The van der Waals surface area contributed by atoms with E-state index in [1.807, 2.05) is 13.8 Å². The highest BCUT2D eigenvalue weighted by Crippen LogP contribution is 2.16. The van der Waals surface area contributed by atoms with Crippen LogP contribution in [0.2, 0.25) is 5.02 Å². The van der Waals surface area contributed by atoms with Crippen LogP contribution in [0.25, 0.3) is 0 Å².